The average Bonchev–Trinajstić information content (AvgIpc) is 3.12. The highest BCUT2D eigenvalue weighted by Gasteiger charge is 2.08. The molecule has 2 rings (SSSR count). The van der Waals surface area contributed by atoms with Crippen molar-refractivity contribution in [3.8, 4) is 0 Å². The van der Waals surface area contributed by atoms with Crippen molar-refractivity contribution in [3.05, 3.63) is 22.4 Å². The fourth-order valence-electron chi connectivity index (χ4n) is 1.96. The molecule has 0 atom stereocenters. The van der Waals surface area contributed by atoms with Gasteiger partial charge in [0.25, 0.3) is 0 Å². The van der Waals surface area contributed by atoms with Gasteiger partial charge < -0.3 is 10.1 Å². The van der Waals surface area contributed by atoms with Crippen LogP contribution in [0.2, 0.25) is 5.15 Å². The minimum Gasteiger partial charge on any atom is -0.469 e. The van der Waals surface area contributed by atoms with Crippen molar-refractivity contribution < 1.29 is 9.53 Å². The minimum absolute atomic E-state index is 0.173. The molecule has 130 valence electrons. The van der Waals surface area contributed by atoms with Crippen molar-refractivity contribution in [2.75, 3.05) is 13.7 Å². The molecule has 0 aliphatic rings. The summed E-state index contributed by atoms with van der Waals surface area (Å²) in [6.07, 6.45) is 6.56. The van der Waals surface area contributed by atoms with Gasteiger partial charge in [-0.25, -0.2) is 4.98 Å². The maximum Gasteiger partial charge on any atom is 0.305 e. The quantitative estimate of drug-likeness (QED) is 0.238. The van der Waals surface area contributed by atoms with Crippen LogP contribution in [-0.2, 0) is 9.53 Å². The van der Waals surface area contributed by atoms with E-state index in [0.29, 0.717) is 28.9 Å². The van der Waals surface area contributed by atoms with Gasteiger partial charge in [-0.3, -0.25) is 14.6 Å². The molecule has 0 aliphatic heterocycles. The summed E-state index contributed by atoms with van der Waals surface area (Å²) in [5.41, 5.74) is 3.44. The number of carbonyl (C=O) groups is 1. The Bertz CT molecular complexity index is 728. The van der Waals surface area contributed by atoms with Crippen molar-refractivity contribution in [1.82, 2.24) is 20.1 Å². The van der Waals surface area contributed by atoms with Gasteiger partial charge in [-0.05, 0) is 25.1 Å². The number of thiocarbonyl (C=S) groups is 1. The maximum atomic E-state index is 11.0. The number of hydrogen-bond donors (Lipinski definition) is 2. The lowest BCUT2D eigenvalue weighted by molar-refractivity contribution is -0.140. The molecule has 0 bridgehead atoms. The molecule has 2 N–H and O–H groups in total. The molecule has 0 fully saturated rings. The molecule has 2 heterocycles. The number of nitrogens with zero attached hydrogens (tertiary/aromatic N) is 3. The Kier molecular flexibility index (Phi) is 7.41. The number of carbonyl (C=O) groups excluding carboxylic acids is 1. The highest BCUT2D eigenvalue weighted by atomic mass is 35.5. The lowest BCUT2D eigenvalue weighted by Gasteiger charge is -2.06. The van der Waals surface area contributed by atoms with Gasteiger partial charge in [0, 0.05) is 24.5 Å². The Hall–Kier alpha value is -1.71. The lowest BCUT2D eigenvalue weighted by Crippen LogP contribution is -2.32. The summed E-state index contributed by atoms with van der Waals surface area (Å²) in [6.45, 7) is 0.713. The van der Waals surface area contributed by atoms with Gasteiger partial charge in [0.1, 0.15) is 5.69 Å². The number of halogens is 1. The first-order valence-electron chi connectivity index (χ1n) is 7.36. The van der Waals surface area contributed by atoms with Gasteiger partial charge in [0.05, 0.1) is 13.3 Å². The Labute approximate surface area is 154 Å². The fourth-order valence-corrected chi connectivity index (χ4v) is 3.10. The van der Waals surface area contributed by atoms with Crippen LogP contribution in [0.15, 0.2) is 16.7 Å². The number of methoxy groups -OCH3 is 1. The zero-order chi connectivity index (χ0) is 17.4. The predicted molar refractivity (Wildman–Crippen MR) is 99.9 cm³/mol. The number of ether oxygens (including phenoxy) is 1. The molecule has 0 amide bonds. The van der Waals surface area contributed by atoms with Crippen LogP contribution < -0.4 is 10.7 Å². The second-order valence-corrected chi connectivity index (χ2v) is 6.50. The number of aromatic nitrogens is 2. The van der Waals surface area contributed by atoms with Crippen molar-refractivity contribution >= 4 is 57.4 Å². The molecule has 7 nitrogen and oxygen atoms in total. The highest BCUT2D eigenvalue weighted by molar-refractivity contribution is 7.80. The summed E-state index contributed by atoms with van der Waals surface area (Å²) in [5, 5.41) is 9.88. The highest BCUT2D eigenvalue weighted by Crippen LogP contribution is 2.19. The van der Waals surface area contributed by atoms with Crippen LogP contribution in [0.5, 0.6) is 0 Å². The topological polar surface area (TPSA) is 80.0 Å². The van der Waals surface area contributed by atoms with Gasteiger partial charge in [0.15, 0.2) is 15.2 Å². The van der Waals surface area contributed by atoms with E-state index in [9.17, 15) is 4.79 Å². The summed E-state index contributed by atoms with van der Waals surface area (Å²) in [6, 6.07) is 0. The van der Waals surface area contributed by atoms with Crippen LogP contribution in [0.25, 0.3) is 4.96 Å². The number of rotatable bonds is 8. The SMILES string of the molecule is COC(=O)CCCCCNC(=S)N/N=C\c1c(Cl)nc2sccn12. The molecule has 0 saturated carbocycles. The molecule has 24 heavy (non-hydrogen) atoms. The third-order valence-corrected chi connectivity index (χ3v) is 4.45. The van der Waals surface area contributed by atoms with Gasteiger partial charge in [-0.2, -0.15) is 5.10 Å². The summed E-state index contributed by atoms with van der Waals surface area (Å²) >= 11 is 12.7. The molecule has 0 radical (unpaired) electrons. The van der Waals surface area contributed by atoms with E-state index in [1.807, 2.05) is 16.0 Å². The summed E-state index contributed by atoms with van der Waals surface area (Å²) < 4.78 is 6.44. The first-order chi connectivity index (χ1) is 11.6. The van der Waals surface area contributed by atoms with Crippen molar-refractivity contribution in [1.29, 1.82) is 0 Å². The fraction of sp³-hybridized carbons (Fsp3) is 0.429. The number of thiazole rings is 1. The van der Waals surface area contributed by atoms with Gasteiger partial charge >= 0.3 is 5.97 Å². The van der Waals surface area contributed by atoms with E-state index >= 15 is 0 Å². The lowest BCUT2D eigenvalue weighted by atomic mass is 10.2. The Balaban J connectivity index is 1.65. The monoisotopic (exact) mass is 387 g/mol. The van der Waals surface area contributed by atoms with Crippen LogP contribution in [0.3, 0.4) is 0 Å². The molecule has 0 aliphatic carbocycles. The van der Waals surface area contributed by atoms with Gasteiger partial charge in [-0.1, -0.05) is 18.0 Å². The van der Waals surface area contributed by atoms with E-state index in [4.69, 9.17) is 23.8 Å². The van der Waals surface area contributed by atoms with Crippen LogP contribution in [0.1, 0.15) is 31.4 Å². The van der Waals surface area contributed by atoms with E-state index in [2.05, 4.69) is 25.6 Å². The van der Waals surface area contributed by atoms with E-state index in [0.717, 1.165) is 24.2 Å². The molecule has 0 aromatic carbocycles. The molecule has 2 aromatic heterocycles. The summed E-state index contributed by atoms with van der Waals surface area (Å²) in [5.74, 6) is -0.173. The van der Waals surface area contributed by atoms with Crippen molar-refractivity contribution in [2.24, 2.45) is 5.10 Å². The molecular formula is C14H18ClN5O2S2. The van der Waals surface area contributed by atoms with Crippen LogP contribution >= 0.6 is 35.2 Å². The average molecular weight is 388 g/mol. The third-order valence-electron chi connectivity index (χ3n) is 3.18. The Morgan fingerprint density at radius 1 is 1.54 bits per heavy atom. The molecule has 0 spiro atoms. The predicted octanol–water partition coefficient (Wildman–Crippen LogP) is 2.58. The Morgan fingerprint density at radius 3 is 3.17 bits per heavy atom. The number of fused-ring (bicyclic) bond motifs is 1. The van der Waals surface area contributed by atoms with E-state index in [-0.39, 0.29) is 5.97 Å². The first kappa shape index (κ1) is 18.6. The molecule has 0 unspecified atom stereocenters. The largest absolute Gasteiger partial charge is 0.469 e. The molecular weight excluding hydrogens is 370 g/mol. The number of hydrogen-bond acceptors (Lipinski definition) is 6. The number of unbranched alkanes of at least 4 members (excludes halogenated alkanes) is 2. The van der Waals surface area contributed by atoms with Crippen molar-refractivity contribution in [3.63, 3.8) is 0 Å². The smallest absolute Gasteiger partial charge is 0.305 e. The Morgan fingerprint density at radius 2 is 2.38 bits per heavy atom. The second kappa shape index (κ2) is 9.55. The maximum absolute atomic E-state index is 11.0. The van der Waals surface area contributed by atoms with E-state index in [1.165, 1.54) is 18.4 Å². The van der Waals surface area contributed by atoms with Crippen LogP contribution in [0, 0.1) is 0 Å². The van der Waals surface area contributed by atoms with E-state index < -0.39 is 0 Å². The normalized spacial score (nSPS) is 11.1. The summed E-state index contributed by atoms with van der Waals surface area (Å²) in [4.78, 5) is 16.0. The number of hydrazone groups is 1. The molecule has 10 heteroatoms. The number of imidazole rings is 1. The number of nitrogens with one attached hydrogen (secondary N) is 2. The zero-order valence-corrected chi connectivity index (χ0v) is 15.5. The van der Waals surface area contributed by atoms with Gasteiger partial charge in [0.2, 0.25) is 0 Å². The van der Waals surface area contributed by atoms with Crippen LogP contribution in [-0.4, -0.2) is 40.3 Å². The second-order valence-electron chi connectivity index (χ2n) is 4.86. The standard InChI is InChI=1S/C14H18ClN5O2S2/c1-22-11(21)5-3-2-4-6-16-13(23)19-17-9-10-12(15)18-14-20(10)7-8-24-14/h7-9H,2-6H2,1H3,(H2,16,19,23)/b17-9-. The zero-order valence-electron chi connectivity index (χ0n) is 13.1. The van der Waals surface area contributed by atoms with Crippen LogP contribution in [0.4, 0.5) is 0 Å². The minimum atomic E-state index is -0.173. The van der Waals surface area contributed by atoms with E-state index in [1.54, 1.807) is 6.21 Å². The summed E-state index contributed by atoms with van der Waals surface area (Å²) in [7, 11) is 1.40. The van der Waals surface area contributed by atoms with Crippen molar-refractivity contribution in [2.45, 2.75) is 25.7 Å². The van der Waals surface area contributed by atoms with Gasteiger partial charge in [-0.15, -0.1) is 11.3 Å². The molecule has 2 aromatic rings. The first-order valence-corrected chi connectivity index (χ1v) is 9.03. The number of esters is 1. The molecule has 0 saturated heterocycles. The third kappa shape index (κ3) is 5.43.